The van der Waals surface area contributed by atoms with Crippen LogP contribution in [-0.2, 0) is 38.0 Å². The Morgan fingerprint density at radius 1 is 0.738 bits per heavy atom. The lowest BCUT2D eigenvalue weighted by atomic mass is 9.33. The van der Waals surface area contributed by atoms with E-state index in [0.717, 1.165) is 51.4 Å². The Morgan fingerprint density at radius 3 is 2.08 bits per heavy atom. The Kier molecular flexibility index (Phi) is 13.4. The molecule has 1 amide bonds. The Bertz CT molecular complexity index is 1810. The number of hydrogen-bond donors (Lipinski definition) is 9. The summed E-state index contributed by atoms with van der Waals surface area (Å²) in [5.41, 5.74) is 0.127. The maximum absolute atomic E-state index is 13.1. The van der Waals surface area contributed by atoms with E-state index in [-0.39, 0.29) is 52.8 Å². The Morgan fingerprint density at radius 2 is 1.40 bits per heavy atom. The molecule has 17 heteroatoms. The second-order valence-corrected chi connectivity index (χ2v) is 23.4. The van der Waals surface area contributed by atoms with Crippen LogP contribution in [-0.4, -0.2) is 159 Å². The maximum atomic E-state index is 13.1. The summed E-state index contributed by atoms with van der Waals surface area (Å²) in [5.74, 6) is -0.478. The third-order valence-corrected chi connectivity index (χ3v) is 19.0. The summed E-state index contributed by atoms with van der Waals surface area (Å²) in [6.07, 6.45) is -7.06. The molecule has 8 rings (SSSR count). The number of carbonyl (C=O) groups excluding carboxylic acids is 1. The number of carbonyl (C=O) groups is 2. The van der Waals surface area contributed by atoms with Crippen molar-refractivity contribution in [3.8, 4) is 0 Å². The zero-order valence-electron chi connectivity index (χ0n) is 39.4. The highest BCUT2D eigenvalue weighted by molar-refractivity contribution is 5.76. The van der Waals surface area contributed by atoms with Gasteiger partial charge in [-0.3, -0.25) is 9.59 Å². The van der Waals surface area contributed by atoms with Crippen molar-refractivity contribution < 1.29 is 78.9 Å². The summed E-state index contributed by atoms with van der Waals surface area (Å²) in [4.78, 5) is 25.7. The highest BCUT2D eigenvalue weighted by atomic mass is 16.8. The van der Waals surface area contributed by atoms with Crippen LogP contribution in [0, 0.1) is 50.2 Å². The molecule has 3 aliphatic heterocycles. The molecule has 0 radical (unpaired) electrons. The topological polar surface area (TPSA) is 263 Å². The Labute approximate surface area is 382 Å². The lowest BCUT2D eigenvalue weighted by molar-refractivity contribution is -0.352. The van der Waals surface area contributed by atoms with Gasteiger partial charge < -0.3 is 74.6 Å². The minimum atomic E-state index is -1.70. The van der Waals surface area contributed by atoms with E-state index in [9.17, 15) is 50.4 Å². The number of hydrogen-bond acceptors (Lipinski definition) is 15. The predicted molar refractivity (Wildman–Crippen MR) is 230 cm³/mol. The number of allylic oxidation sites excluding steroid dienone is 2. The predicted octanol–water partition coefficient (Wildman–Crippen LogP) is 2.13. The van der Waals surface area contributed by atoms with Crippen molar-refractivity contribution in [2.45, 2.75) is 206 Å². The first-order valence-electron chi connectivity index (χ1n) is 24.1. The number of amides is 1. The van der Waals surface area contributed by atoms with Crippen LogP contribution in [0.4, 0.5) is 0 Å². The van der Waals surface area contributed by atoms with E-state index in [2.05, 4.69) is 59.9 Å². The molecule has 3 heterocycles. The summed E-state index contributed by atoms with van der Waals surface area (Å²) in [5, 5.41) is 88.4. The van der Waals surface area contributed by atoms with Gasteiger partial charge in [-0.1, -0.05) is 60.1 Å². The van der Waals surface area contributed by atoms with Crippen molar-refractivity contribution >= 4 is 11.9 Å². The number of aliphatic hydroxyl groups excluding tert-OH is 7. The van der Waals surface area contributed by atoms with Gasteiger partial charge in [0.05, 0.1) is 31.3 Å². The minimum absolute atomic E-state index is 0.0296. The Balaban J connectivity index is 0.994. The number of aliphatic carboxylic acids is 1. The van der Waals surface area contributed by atoms with Crippen LogP contribution in [0.2, 0.25) is 0 Å². The summed E-state index contributed by atoms with van der Waals surface area (Å²) >= 11 is 0. The zero-order valence-corrected chi connectivity index (χ0v) is 39.4. The van der Waals surface area contributed by atoms with Gasteiger partial charge in [-0.25, -0.2) is 0 Å². The third kappa shape index (κ3) is 8.15. The molecule has 370 valence electrons. The molecule has 0 aromatic heterocycles. The molecule has 0 spiro atoms. The highest BCUT2D eigenvalue weighted by Gasteiger charge is 2.70. The van der Waals surface area contributed by atoms with Crippen LogP contribution in [0.15, 0.2) is 11.6 Å². The van der Waals surface area contributed by atoms with Gasteiger partial charge in [0.25, 0.3) is 0 Å². The SMILES string of the molecule is CC(=O)N[C@H]1[C@H](O[C@H]2CC[C@]3(C)[C@H]4CC=C5[C@@H]6CC(C)(C)CC[C@]6(C(=O)O)CC[C@@]5(C)[C@]4(C)CC[C@H]3C2(C)C)O[C@H](CO[C@H]2OC[C@H](O)[C@@H](O)[C@H]2O[C@@H]2OC[C@@H](O)[C@H](O)[C@H]2O)[C@@H](O)[C@@H]1O. The molecule has 0 unspecified atom stereocenters. The van der Waals surface area contributed by atoms with Crippen molar-refractivity contribution in [2.24, 2.45) is 50.2 Å². The van der Waals surface area contributed by atoms with E-state index in [0.29, 0.717) is 18.8 Å². The van der Waals surface area contributed by atoms with E-state index in [4.69, 9.17) is 28.4 Å². The van der Waals surface area contributed by atoms with Crippen molar-refractivity contribution in [2.75, 3.05) is 19.8 Å². The fourth-order valence-corrected chi connectivity index (χ4v) is 14.9. The number of nitrogens with one attached hydrogen (secondary N) is 1. The van der Waals surface area contributed by atoms with Gasteiger partial charge in [0, 0.05) is 6.92 Å². The maximum Gasteiger partial charge on any atom is 0.310 e. The molecular weight excluding hydrogens is 847 g/mol. The summed E-state index contributed by atoms with van der Waals surface area (Å²) in [6.45, 7) is 16.6. The van der Waals surface area contributed by atoms with Gasteiger partial charge in [-0.2, -0.15) is 0 Å². The molecule has 8 aliphatic rings. The first-order valence-corrected chi connectivity index (χ1v) is 24.1. The fraction of sp³-hybridized carbons (Fsp3) is 0.917. The van der Waals surface area contributed by atoms with Crippen molar-refractivity contribution in [3.63, 3.8) is 0 Å². The molecule has 0 aromatic carbocycles. The first-order chi connectivity index (χ1) is 30.3. The van der Waals surface area contributed by atoms with Gasteiger partial charge in [0.15, 0.2) is 18.9 Å². The third-order valence-electron chi connectivity index (χ3n) is 19.0. The molecular formula is C48H77NO16. The van der Waals surface area contributed by atoms with Crippen molar-refractivity contribution in [1.82, 2.24) is 5.32 Å². The van der Waals surface area contributed by atoms with Gasteiger partial charge in [0.2, 0.25) is 5.91 Å². The lowest BCUT2D eigenvalue weighted by Gasteiger charge is -2.71. The molecule has 17 nitrogen and oxygen atoms in total. The first kappa shape index (κ1) is 49.6. The molecule has 0 aromatic rings. The number of carboxylic acid groups (broad SMARTS) is 1. The average molecular weight is 924 g/mol. The van der Waals surface area contributed by atoms with Gasteiger partial charge in [-0.15, -0.1) is 0 Å². The van der Waals surface area contributed by atoms with Crippen LogP contribution in [0.1, 0.15) is 120 Å². The molecule has 7 fully saturated rings. The lowest BCUT2D eigenvalue weighted by Crippen LogP contribution is -2.67. The summed E-state index contributed by atoms with van der Waals surface area (Å²) in [6, 6.07) is -1.14. The molecule has 9 N–H and O–H groups in total. The zero-order chi connectivity index (χ0) is 47.4. The van der Waals surface area contributed by atoms with E-state index in [1.54, 1.807) is 0 Å². The van der Waals surface area contributed by atoms with Crippen molar-refractivity contribution in [1.29, 1.82) is 0 Å². The van der Waals surface area contributed by atoms with E-state index < -0.39 is 109 Å². The second kappa shape index (κ2) is 17.5. The van der Waals surface area contributed by atoms with E-state index in [1.807, 2.05) is 0 Å². The molecule has 3 saturated heterocycles. The standard InChI is InChI=1S/C48H77NO16/c1-23(50)49-32-36(56)35(55)28(22-62-41-38(34(54)27(52)21-61-41)65-40-37(57)33(53)26(51)20-60-40)63-39(32)64-31-12-13-45(6)29(44(31,4)5)11-14-47(8)30(45)10-9-24-25-19-43(2,3)15-17-48(25,42(58)59)18-16-46(24,47)7/h9,25-41,51-57H,10-22H2,1-8H3,(H,49,50)(H,58,59)/t25-,26+,27-,28+,29-,30+,31-,32+,33-,34+,35+,36+,37+,38+,39-,40-,41+,45-,46+,47+,48-/m0/s1. The molecule has 4 saturated carbocycles. The monoisotopic (exact) mass is 924 g/mol. The average Bonchev–Trinajstić information content (AvgIpc) is 3.23. The van der Waals surface area contributed by atoms with Crippen LogP contribution in [0.3, 0.4) is 0 Å². The van der Waals surface area contributed by atoms with Crippen molar-refractivity contribution in [3.05, 3.63) is 11.6 Å². The fourth-order valence-electron chi connectivity index (χ4n) is 14.9. The summed E-state index contributed by atoms with van der Waals surface area (Å²) in [7, 11) is 0. The number of ether oxygens (including phenoxy) is 6. The smallest absolute Gasteiger partial charge is 0.310 e. The normalized spacial score (nSPS) is 51.6. The molecule has 21 atom stereocenters. The Hall–Kier alpha value is -1.84. The quantitative estimate of drug-likeness (QED) is 0.119. The van der Waals surface area contributed by atoms with Crippen LogP contribution in [0.5, 0.6) is 0 Å². The number of aliphatic hydroxyl groups is 7. The van der Waals surface area contributed by atoms with Crippen LogP contribution < -0.4 is 5.32 Å². The molecule has 5 aliphatic carbocycles. The van der Waals surface area contributed by atoms with Crippen LogP contribution >= 0.6 is 0 Å². The van der Waals surface area contributed by atoms with E-state index >= 15 is 0 Å². The van der Waals surface area contributed by atoms with Gasteiger partial charge >= 0.3 is 5.97 Å². The number of carboxylic acids is 1. The largest absolute Gasteiger partial charge is 0.481 e. The summed E-state index contributed by atoms with van der Waals surface area (Å²) < 4.78 is 36.1. The number of rotatable bonds is 9. The molecule has 65 heavy (non-hydrogen) atoms. The van der Waals surface area contributed by atoms with Gasteiger partial charge in [0.1, 0.15) is 61.0 Å². The highest BCUT2D eigenvalue weighted by Crippen LogP contribution is 2.76. The minimum Gasteiger partial charge on any atom is -0.481 e. The number of fused-ring (bicyclic) bond motifs is 7. The second-order valence-electron chi connectivity index (χ2n) is 23.4. The van der Waals surface area contributed by atoms with Gasteiger partial charge in [-0.05, 0) is 109 Å². The van der Waals surface area contributed by atoms with E-state index in [1.165, 1.54) is 12.5 Å². The van der Waals surface area contributed by atoms with Crippen LogP contribution in [0.25, 0.3) is 0 Å². The molecule has 0 bridgehead atoms.